The number of thiocarbonyl (C=S) groups is 1. The lowest BCUT2D eigenvalue weighted by Crippen LogP contribution is -2.40. The average molecular weight is 292 g/mol. The Balaban J connectivity index is 2.23. The number of aliphatic carboxylic acids is 1. The van der Waals surface area contributed by atoms with Crippen molar-refractivity contribution < 1.29 is 14.7 Å². The molecule has 1 aliphatic heterocycles. The van der Waals surface area contributed by atoms with Gasteiger partial charge in [0.05, 0.1) is 17.4 Å². The van der Waals surface area contributed by atoms with Gasteiger partial charge in [-0.2, -0.15) is 0 Å². The number of carbonyl (C=O) groups excluding carboxylic acids is 2. The van der Waals surface area contributed by atoms with E-state index in [1.807, 2.05) is 31.2 Å². The summed E-state index contributed by atoms with van der Waals surface area (Å²) in [5, 5.41) is 10.6. The average Bonchev–Trinajstić information content (AvgIpc) is 2.60. The van der Waals surface area contributed by atoms with Crippen molar-refractivity contribution in [2.75, 3.05) is 6.54 Å². The summed E-state index contributed by atoms with van der Waals surface area (Å²) >= 11 is 6.09. The molecule has 0 bridgehead atoms. The van der Waals surface area contributed by atoms with Crippen LogP contribution in [0.3, 0.4) is 0 Å². The van der Waals surface area contributed by atoms with Crippen LogP contribution in [0.15, 0.2) is 29.2 Å². The molecule has 6 heteroatoms. The number of nitrogens with zero attached hydrogens (tertiary/aromatic N) is 1. The second-order valence-electron chi connectivity index (χ2n) is 4.05. The molecule has 98 valence electrons. The van der Waals surface area contributed by atoms with Crippen molar-refractivity contribution in [1.29, 1.82) is 0 Å². The van der Waals surface area contributed by atoms with E-state index in [1.54, 1.807) is 6.08 Å². The molecule has 1 heterocycles. The second-order valence-corrected chi connectivity index (χ2v) is 5.73. The van der Waals surface area contributed by atoms with E-state index in [2.05, 4.69) is 0 Å². The van der Waals surface area contributed by atoms with Gasteiger partial charge in [0, 0.05) is 0 Å². The van der Waals surface area contributed by atoms with Gasteiger partial charge in [-0.05, 0) is 18.6 Å². The van der Waals surface area contributed by atoms with Crippen LogP contribution >= 0.6 is 24.0 Å². The largest absolute Gasteiger partial charge is 0.548 e. The molecular formula is C13H10NO3S2-. The van der Waals surface area contributed by atoms with E-state index in [0.717, 1.165) is 27.8 Å². The van der Waals surface area contributed by atoms with Crippen LogP contribution in [0.2, 0.25) is 0 Å². The maximum Gasteiger partial charge on any atom is 0.266 e. The fourth-order valence-corrected chi connectivity index (χ4v) is 2.83. The predicted molar refractivity (Wildman–Crippen MR) is 76.1 cm³/mol. The molecule has 1 saturated heterocycles. The minimum atomic E-state index is -1.33. The van der Waals surface area contributed by atoms with Gasteiger partial charge >= 0.3 is 0 Å². The van der Waals surface area contributed by atoms with Crippen LogP contribution in [0.4, 0.5) is 0 Å². The first kappa shape index (κ1) is 13.8. The van der Waals surface area contributed by atoms with E-state index >= 15 is 0 Å². The maximum absolute atomic E-state index is 12.0. The molecule has 1 aromatic carbocycles. The first-order valence-electron chi connectivity index (χ1n) is 5.49. The Hall–Kier alpha value is -1.66. The Bertz CT molecular complexity index is 578. The molecule has 0 atom stereocenters. The van der Waals surface area contributed by atoms with Crippen LogP contribution in [0.25, 0.3) is 6.08 Å². The number of aryl methyl sites for hydroxylation is 1. The zero-order valence-electron chi connectivity index (χ0n) is 10.1. The summed E-state index contributed by atoms with van der Waals surface area (Å²) in [5.74, 6) is -1.72. The fourth-order valence-electron chi connectivity index (χ4n) is 1.58. The summed E-state index contributed by atoms with van der Waals surface area (Å²) in [6.45, 7) is 1.47. The van der Waals surface area contributed by atoms with Gasteiger partial charge in [-0.3, -0.25) is 9.69 Å². The van der Waals surface area contributed by atoms with Crippen molar-refractivity contribution in [2.24, 2.45) is 0 Å². The molecule has 1 amide bonds. The summed E-state index contributed by atoms with van der Waals surface area (Å²) in [4.78, 5) is 24.0. The summed E-state index contributed by atoms with van der Waals surface area (Å²) in [6.07, 6.45) is 1.70. The molecule has 0 saturated carbocycles. The highest BCUT2D eigenvalue weighted by Gasteiger charge is 2.31. The minimum absolute atomic E-state index is 0.243. The van der Waals surface area contributed by atoms with Crippen molar-refractivity contribution in [2.45, 2.75) is 6.92 Å². The monoisotopic (exact) mass is 292 g/mol. The zero-order chi connectivity index (χ0) is 14.0. The Kier molecular flexibility index (Phi) is 4.01. The van der Waals surface area contributed by atoms with Crippen molar-refractivity contribution in [3.8, 4) is 0 Å². The van der Waals surface area contributed by atoms with Gasteiger partial charge in [0.15, 0.2) is 0 Å². The molecule has 0 N–H and O–H groups in total. The SMILES string of the molecule is Cc1ccc(C=C2SC(=S)N(CC(=O)[O-])C2=O)cc1. The molecule has 0 radical (unpaired) electrons. The normalized spacial score (nSPS) is 17.3. The van der Waals surface area contributed by atoms with Gasteiger partial charge in [0.25, 0.3) is 5.91 Å². The third-order valence-corrected chi connectivity index (χ3v) is 3.91. The van der Waals surface area contributed by atoms with E-state index in [4.69, 9.17) is 12.2 Å². The molecule has 1 aromatic rings. The van der Waals surface area contributed by atoms with E-state index in [1.165, 1.54) is 0 Å². The lowest BCUT2D eigenvalue weighted by molar-refractivity contribution is -0.305. The topological polar surface area (TPSA) is 60.4 Å². The zero-order valence-corrected chi connectivity index (χ0v) is 11.7. The number of hydrogen-bond acceptors (Lipinski definition) is 5. The van der Waals surface area contributed by atoms with Gasteiger partial charge in [0.2, 0.25) is 0 Å². The van der Waals surface area contributed by atoms with Crippen LogP contribution in [0, 0.1) is 6.92 Å². The number of thioether (sulfide) groups is 1. The standard InChI is InChI=1S/C13H11NO3S2/c1-8-2-4-9(5-3-8)6-10-12(17)14(7-11(15)16)13(18)19-10/h2-6H,7H2,1H3,(H,15,16)/p-1. The number of amides is 1. The lowest BCUT2D eigenvalue weighted by atomic mass is 10.1. The van der Waals surface area contributed by atoms with Gasteiger partial charge in [-0.15, -0.1) is 0 Å². The summed E-state index contributed by atoms with van der Waals surface area (Å²) in [5.41, 5.74) is 2.00. The van der Waals surface area contributed by atoms with E-state index < -0.39 is 12.5 Å². The Morgan fingerprint density at radius 1 is 1.42 bits per heavy atom. The number of carboxylic acid groups (broad SMARTS) is 1. The summed E-state index contributed by atoms with van der Waals surface area (Å²) in [7, 11) is 0. The molecule has 1 fully saturated rings. The Labute approximate surface area is 120 Å². The molecule has 19 heavy (non-hydrogen) atoms. The summed E-state index contributed by atoms with van der Waals surface area (Å²) in [6, 6.07) is 7.66. The van der Waals surface area contributed by atoms with Crippen LogP contribution in [-0.4, -0.2) is 27.6 Å². The quantitative estimate of drug-likeness (QED) is 0.613. The van der Waals surface area contributed by atoms with Crippen molar-refractivity contribution in [3.05, 3.63) is 40.3 Å². The number of benzene rings is 1. The smallest absolute Gasteiger partial charge is 0.266 e. The molecule has 1 aliphatic rings. The van der Waals surface area contributed by atoms with E-state index in [9.17, 15) is 14.7 Å². The Morgan fingerprint density at radius 2 is 2.05 bits per heavy atom. The van der Waals surface area contributed by atoms with Crippen LogP contribution < -0.4 is 5.11 Å². The molecule has 2 rings (SSSR count). The number of hydrogen-bond donors (Lipinski definition) is 0. The molecule has 0 aromatic heterocycles. The van der Waals surface area contributed by atoms with Gasteiger partial charge in [-0.25, -0.2) is 0 Å². The third-order valence-electron chi connectivity index (χ3n) is 2.54. The maximum atomic E-state index is 12.0. The highest BCUT2D eigenvalue weighted by atomic mass is 32.2. The molecular weight excluding hydrogens is 282 g/mol. The van der Waals surface area contributed by atoms with Gasteiger partial charge < -0.3 is 9.90 Å². The van der Waals surface area contributed by atoms with Crippen molar-refractivity contribution in [3.63, 3.8) is 0 Å². The number of rotatable bonds is 3. The first-order chi connectivity index (χ1) is 8.97. The second kappa shape index (κ2) is 5.54. The fraction of sp³-hybridized carbons (Fsp3) is 0.154. The van der Waals surface area contributed by atoms with E-state index in [-0.39, 0.29) is 10.2 Å². The molecule has 0 unspecified atom stereocenters. The molecule has 0 aliphatic carbocycles. The minimum Gasteiger partial charge on any atom is -0.548 e. The highest BCUT2D eigenvalue weighted by Crippen LogP contribution is 2.32. The lowest BCUT2D eigenvalue weighted by Gasteiger charge is -2.14. The number of carboxylic acids is 1. The van der Waals surface area contributed by atoms with Gasteiger partial charge in [0.1, 0.15) is 4.32 Å². The van der Waals surface area contributed by atoms with Crippen LogP contribution in [-0.2, 0) is 9.59 Å². The van der Waals surface area contributed by atoms with Crippen LogP contribution in [0.1, 0.15) is 11.1 Å². The predicted octanol–water partition coefficient (Wildman–Crippen LogP) is 0.946. The van der Waals surface area contributed by atoms with Gasteiger partial charge in [-0.1, -0.05) is 53.8 Å². The third kappa shape index (κ3) is 3.21. The van der Waals surface area contributed by atoms with Crippen molar-refractivity contribution >= 4 is 46.3 Å². The summed E-state index contributed by atoms with van der Waals surface area (Å²) < 4.78 is 0.243. The van der Waals surface area contributed by atoms with Crippen LogP contribution in [0.5, 0.6) is 0 Å². The van der Waals surface area contributed by atoms with E-state index in [0.29, 0.717) is 4.91 Å². The van der Waals surface area contributed by atoms with Crippen molar-refractivity contribution in [1.82, 2.24) is 4.90 Å². The highest BCUT2D eigenvalue weighted by molar-refractivity contribution is 8.26. The molecule has 4 nitrogen and oxygen atoms in total. The Morgan fingerprint density at radius 3 is 2.63 bits per heavy atom. The molecule has 0 spiro atoms. The number of carbonyl (C=O) groups is 2. The first-order valence-corrected chi connectivity index (χ1v) is 6.72.